The van der Waals surface area contributed by atoms with Gasteiger partial charge in [-0.3, -0.25) is 9.69 Å². The van der Waals surface area contributed by atoms with Gasteiger partial charge in [-0.1, -0.05) is 51.1 Å². The molecule has 2 heterocycles. The van der Waals surface area contributed by atoms with E-state index >= 15 is 0 Å². The average molecular weight is 402 g/mol. The van der Waals surface area contributed by atoms with E-state index in [4.69, 9.17) is 4.74 Å². The number of rotatable bonds is 7. The number of carbonyl (C=O) groups excluding carboxylic acids is 2. The van der Waals surface area contributed by atoms with Gasteiger partial charge in [0, 0.05) is 39.9 Å². The Balaban J connectivity index is 1.79. The maximum absolute atomic E-state index is 13.5. The molecule has 29 heavy (non-hydrogen) atoms. The Bertz CT molecular complexity index is 706. The maximum atomic E-state index is 13.5. The molecule has 0 bridgehead atoms. The van der Waals surface area contributed by atoms with Gasteiger partial charge in [-0.05, 0) is 30.2 Å². The van der Waals surface area contributed by atoms with Crippen LogP contribution in [0.15, 0.2) is 30.3 Å². The molecule has 160 valence electrons. The molecule has 1 spiro atoms. The van der Waals surface area contributed by atoms with Crippen LogP contribution in [0.1, 0.15) is 45.6 Å². The summed E-state index contributed by atoms with van der Waals surface area (Å²) in [5.41, 5.74) is 0.499. The molecule has 6 nitrogen and oxygen atoms in total. The quantitative estimate of drug-likeness (QED) is 0.519. The Hall–Kier alpha value is -1.92. The van der Waals surface area contributed by atoms with Crippen molar-refractivity contribution in [1.82, 2.24) is 14.7 Å². The van der Waals surface area contributed by atoms with E-state index in [-0.39, 0.29) is 17.4 Å². The minimum atomic E-state index is -0.700. The SMILES string of the molecule is COCCCN1C(=O)N(Cc2ccccc2)C(=O)C12CCN(CC(C)(C)C)CC2. The molecule has 0 aliphatic carbocycles. The highest BCUT2D eigenvalue weighted by Crippen LogP contribution is 2.38. The smallest absolute Gasteiger partial charge is 0.327 e. The normalized spacial score (nSPS) is 20.1. The van der Waals surface area contributed by atoms with E-state index in [9.17, 15) is 9.59 Å². The van der Waals surface area contributed by atoms with E-state index in [2.05, 4.69) is 25.7 Å². The van der Waals surface area contributed by atoms with Gasteiger partial charge in [0.05, 0.1) is 6.54 Å². The Morgan fingerprint density at radius 2 is 1.72 bits per heavy atom. The standard InChI is InChI=1S/C23H35N3O3/c1-22(2,3)18-24-14-11-23(12-15-24)20(27)25(17-19-9-6-5-7-10-19)21(28)26(23)13-8-16-29-4/h5-7,9-10H,8,11-18H2,1-4H3. The number of ether oxygens (including phenoxy) is 1. The third-order valence-electron chi connectivity index (χ3n) is 5.92. The molecule has 0 radical (unpaired) electrons. The zero-order valence-corrected chi connectivity index (χ0v) is 18.3. The third kappa shape index (κ3) is 4.81. The van der Waals surface area contributed by atoms with Gasteiger partial charge < -0.3 is 14.5 Å². The Morgan fingerprint density at radius 1 is 1.07 bits per heavy atom. The Morgan fingerprint density at radius 3 is 2.31 bits per heavy atom. The molecule has 0 atom stereocenters. The molecule has 0 unspecified atom stereocenters. The van der Waals surface area contributed by atoms with Crippen molar-refractivity contribution >= 4 is 11.9 Å². The fourth-order valence-electron chi connectivity index (χ4n) is 4.60. The second-order valence-electron chi connectivity index (χ2n) is 9.53. The summed E-state index contributed by atoms with van der Waals surface area (Å²) in [6, 6.07) is 9.61. The van der Waals surface area contributed by atoms with Crippen LogP contribution >= 0.6 is 0 Å². The molecular formula is C23H35N3O3. The first kappa shape index (κ1) is 21.8. The van der Waals surface area contributed by atoms with Gasteiger partial charge in [0.1, 0.15) is 5.54 Å². The summed E-state index contributed by atoms with van der Waals surface area (Å²) in [4.78, 5) is 32.5. The van der Waals surface area contributed by atoms with Crippen LogP contribution in [0.4, 0.5) is 4.79 Å². The Labute approximate surface area is 174 Å². The second kappa shape index (κ2) is 8.84. The first-order valence-corrected chi connectivity index (χ1v) is 10.7. The molecule has 0 N–H and O–H groups in total. The molecule has 3 amide bonds. The number of carbonyl (C=O) groups is 2. The summed E-state index contributed by atoms with van der Waals surface area (Å²) in [5.74, 6) is -0.0285. The molecule has 1 aromatic rings. The van der Waals surface area contributed by atoms with Crippen LogP contribution < -0.4 is 0 Å². The van der Waals surface area contributed by atoms with Crippen molar-refractivity contribution in [2.75, 3.05) is 39.9 Å². The van der Waals surface area contributed by atoms with Gasteiger partial charge >= 0.3 is 6.03 Å². The van der Waals surface area contributed by atoms with Crippen LogP contribution in [0.25, 0.3) is 0 Å². The second-order valence-corrected chi connectivity index (χ2v) is 9.53. The van der Waals surface area contributed by atoms with Crippen LogP contribution in [0.2, 0.25) is 0 Å². The zero-order chi connectivity index (χ0) is 21.1. The molecule has 6 heteroatoms. The first-order valence-electron chi connectivity index (χ1n) is 10.7. The summed E-state index contributed by atoms with van der Waals surface area (Å²) in [5, 5.41) is 0. The van der Waals surface area contributed by atoms with Gasteiger partial charge in [-0.2, -0.15) is 0 Å². The lowest BCUT2D eigenvalue weighted by atomic mass is 9.84. The topological polar surface area (TPSA) is 53.1 Å². The molecule has 0 saturated carbocycles. The average Bonchev–Trinajstić information content (AvgIpc) is 2.86. The number of likely N-dealkylation sites (tertiary alicyclic amines) is 1. The number of amides is 3. The highest BCUT2D eigenvalue weighted by molar-refractivity contribution is 6.07. The van der Waals surface area contributed by atoms with Crippen LogP contribution in [0.3, 0.4) is 0 Å². The highest BCUT2D eigenvalue weighted by Gasteiger charge is 2.57. The number of piperidine rings is 1. The lowest BCUT2D eigenvalue weighted by Gasteiger charge is -2.43. The molecule has 2 aliphatic rings. The molecule has 2 aliphatic heterocycles. The van der Waals surface area contributed by atoms with Crippen molar-refractivity contribution in [1.29, 1.82) is 0 Å². The zero-order valence-electron chi connectivity index (χ0n) is 18.3. The predicted octanol–water partition coefficient (Wildman–Crippen LogP) is 3.37. The van der Waals surface area contributed by atoms with Gasteiger partial charge in [-0.25, -0.2) is 4.79 Å². The number of benzene rings is 1. The molecule has 2 fully saturated rings. The van der Waals surface area contributed by atoms with Gasteiger partial charge in [0.25, 0.3) is 5.91 Å². The lowest BCUT2D eigenvalue weighted by molar-refractivity contribution is -0.136. The number of imide groups is 1. The number of nitrogens with zero attached hydrogens (tertiary/aromatic N) is 3. The van der Waals surface area contributed by atoms with Crippen molar-refractivity contribution < 1.29 is 14.3 Å². The van der Waals surface area contributed by atoms with Gasteiger partial charge in [-0.15, -0.1) is 0 Å². The van der Waals surface area contributed by atoms with Crippen LogP contribution in [-0.4, -0.2) is 72.1 Å². The van der Waals surface area contributed by atoms with E-state index < -0.39 is 5.54 Å². The number of hydrogen-bond donors (Lipinski definition) is 0. The first-order chi connectivity index (χ1) is 13.8. The lowest BCUT2D eigenvalue weighted by Crippen LogP contribution is -2.57. The summed E-state index contributed by atoms with van der Waals surface area (Å²) < 4.78 is 5.19. The molecule has 2 saturated heterocycles. The van der Waals surface area contributed by atoms with Crippen LogP contribution in [-0.2, 0) is 16.1 Å². The number of methoxy groups -OCH3 is 1. The maximum Gasteiger partial charge on any atom is 0.327 e. The molecule has 0 aromatic heterocycles. The summed E-state index contributed by atoms with van der Waals surface area (Å²) >= 11 is 0. The van der Waals surface area contributed by atoms with Gasteiger partial charge in [0.2, 0.25) is 0 Å². The Kier molecular flexibility index (Phi) is 6.64. The third-order valence-corrected chi connectivity index (χ3v) is 5.92. The fourth-order valence-corrected chi connectivity index (χ4v) is 4.60. The minimum Gasteiger partial charge on any atom is -0.385 e. The fraction of sp³-hybridized carbons (Fsp3) is 0.652. The van der Waals surface area contributed by atoms with E-state index in [0.29, 0.717) is 32.5 Å². The molecular weight excluding hydrogens is 366 g/mol. The summed E-state index contributed by atoms with van der Waals surface area (Å²) in [6.45, 7) is 10.9. The largest absolute Gasteiger partial charge is 0.385 e. The van der Waals surface area contributed by atoms with Crippen molar-refractivity contribution in [3.63, 3.8) is 0 Å². The van der Waals surface area contributed by atoms with Gasteiger partial charge in [0.15, 0.2) is 0 Å². The minimum absolute atomic E-state index is 0.0285. The highest BCUT2D eigenvalue weighted by atomic mass is 16.5. The van der Waals surface area contributed by atoms with E-state index in [0.717, 1.165) is 31.6 Å². The predicted molar refractivity (Wildman–Crippen MR) is 113 cm³/mol. The van der Waals surface area contributed by atoms with Crippen molar-refractivity contribution in [2.45, 2.75) is 52.1 Å². The molecule has 3 rings (SSSR count). The van der Waals surface area contributed by atoms with Crippen LogP contribution in [0, 0.1) is 5.41 Å². The van der Waals surface area contributed by atoms with Crippen molar-refractivity contribution in [3.05, 3.63) is 35.9 Å². The van der Waals surface area contributed by atoms with Crippen molar-refractivity contribution in [3.8, 4) is 0 Å². The van der Waals surface area contributed by atoms with Crippen molar-refractivity contribution in [2.24, 2.45) is 5.41 Å². The monoisotopic (exact) mass is 401 g/mol. The van der Waals surface area contributed by atoms with Crippen LogP contribution in [0.5, 0.6) is 0 Å². The summed E-state index contributed by atoms with van der Waals surface area (Å²) in [7, 11) is 1.67. The van der Waals surface area contributed by atoms with E-state index in [1.54, 1.807) is 7.11 Å². The van der Waals surface area contributed by atoms with E-state index in [1.807, 2.05) is 35.2 Å². The van der Waals surface area contributed by atoms with E-state index in [1.165, 1.54) is 4.90 Å². The number of urea groups is 1. The summed E-state index contributed by atoms with van der Waals surface area (Å²) in [6.07, 6.45) is 2.14. The number of hydrogen-bond acceptors (Lipinski definition) is 4. The molecule has 1 aromatic carbocycles.